The summed E-state index contributed by atoms with van der Waals surface area (Å²) in [6, 6.07) is 14.6. The summed E-state index contributed by atoms with van der Waals surface area (Å²) in [7, 11) is 0. The number of alkyl halides is 1. The molecule has 3 N–H and O–H groups in total. The Hall–Kier alpha value is -3.47. The Morgan fingerprint density at radius 3 is 2.92 bits per heavy atom. The number of halogens is 1. The lowest BCUT2D eigenvalue weighted by Gasteiger charge is -2.13. The molecule has 8 nitrogen and oxygen atoms in total. The second-order valence-corrected chi connectivity index (χ2v) is 9.89. The van der Waals surface area contributed by atoms with E-state index in [4.69, 9.17) is 0 Å². The van der Waals surface area contributed by atoms with E-state index in [-0.39, 0.29) is 27.8 Å². The third-order valence-corrected chi connectivity index (χ3v) is 6.53. The number of hydrogen-bond donors (Lipinski definition) is 3. The molecule has 1 aromatic heterocycles. The first-order valence-corrected chi connectivity index (χ1v) is 13.1. The molecular formula is C27H29IN6O2. The van der Waals surface area contributed by atoms with E-state index in [1.54, 1.807) is 19.3 Å². The fraction of sp³-hybridized carbons (Fsp3) is 0.259. The van der Waals surface area contributed by atoms with E-state index in [1.807, 2.05) is 30.5 Å². The number of carbonyl (C=O) groups excluding carboxylic acids is 1. The Labute approximate surface area is 223 Å². The summed E-state index contributed by atoms with van der Waals surface area (Å²) >= 11 is 2.29. The van der Waals surface area contributed by atoms with E-state index in [2.05, 4.69) is 78.8 Å². The average molecular weight is 596 g/mol. The molecule has 186 valence electrons. The molecule has 3 aromatic rings. The Morgan fingerprint density at radius 1 is 1.22 bits per heavy atom. The SMILES string of the molecule is Cc1cnc(NCCc2ccc3ccccc3c2)c(=O)n1CC(=O)NC/C1=C/[C@@H](I)/C=C\NCC=N1. The Morgan fingerprint density at radius 2 is 2.06 bits per heavy atom. The van der Waals surface area contributed by atoms with Crippen LogP contribution in [0.3, 0.4) is 0 Å². The van der Waals surface area contributed by atoms with Crippen molar-refractivity contribution < 1.29 is 4.79 Å². The number of allylic oxidation sites excluding steroid dienone is 2. The number of nitrogens with one attached hydrogen (secondary N) is 3. The molecule has 1 aliphatic heterocycles. The Kier molecular flexibility index (Phi) is 8.88. The topological polar surface area (TPSA) is 100 Å². The fourth-order valence-corrected chi connectivity index (χ4v) is 4.45. The van der Waals surface area contributed by atoms with E-state index in [1.165, 1.54) is 20.9 Å². The van der Waals surface area contributed by atoms with E-state index < -0.39 is 0 Å². The van der Waals surface area contributed by atoms with E-state index >= 15 is 0 Å². The molecule has 0 unspecified atom stereocenters. The molecule has 0 bridgehead atoms. The summed E-state index contributed by atoms with van der Waals surface area (Å²) < 4.78 is 1.60. The predicted octanol–water partition coefficient (Wildman–Crippen LogP) is 3.35. The van der Waals surface area contributed by atoms with Crippen LogP contribution in [0, 0.1) is 6.92 Å². The van der Waals surface area contributed by atoms with Crippen molar-refractivity contribution in [3.8, 4) is 0 Å². The van der Waals surface area contributed by atoms with E-state index in [0.717, 1.165) is 12.1 Å². The van der Waals surface area contributed by atoms with Crippen molar-refractivity contribution >= 4 is 51.3 Å². The third-order valence-electron chi connectivity index (χ3n) is 5.76. The summed E-state index contributed by atoms with van der Waals surface area (Å²) in [5.41, 5.74) is 2.26. The largest absolute Gasteiger partial charge is 0.386 e. The van der Waals surface area contributed by atoms with Crippen LogP contribution in [-0.4, -0.2) is 45.2 Å². The molecule has 1 atom stereocenters. The standard InChI is InChI=1S/C27H29IN6O2/c1-19-16-33-26(31-11-8-20-6-7-21-4-2-3-5-22(21)14-20)27(36)34(19)18-25(35)32-17-24-15-23(28)9-10-29-12-13-30-24/h2-7,9-10,13-16,23,29H,8,11-12,17-18H2,1H3,(H,31,33)(H,32,35)/b10-9-,24-15-,30-13?/t23-/m0/s1. The molecule has 2 heterocycles. The van der Waals surface area contributed by atoms with Gasteiger partial charge in [0.25, 0.3) is 5.56 Å². The molecule has 0 saturated carbocycles. The molecule has 0 aliphatic carbocycles. The van der Waals surface area contributed by atoms with Gasteiger partial charge in [0, 0.05) is 31.2 Å². The van der Waals surface area contributed by atoms with Crippen molar-refractivity contribution in [2.75, 3.05) is 25.0 Å². The number of anilines is 1. The minimum absolute atomic E-state index is 0.0847. The molecule has 0 saturated heterocycles. The van der Waals surface area contributed by atoms with Gasteiger partial charge in [-0.05, 0) is 42.0 Å². The van der Waals surface area contributed by atoms with Gasteiger partial charge in [0.1, 0.15) is 6.54 Å². The molecule has 1 aliphatic rings. The quantitative estimate of drug-likeness (QED) is 0.274. The van der Waals surface area contributed by atoms with Gasteiger partial charge < -0.3 is 16.0 Å². The molecule has 4 rings (SSSR count). The second kappa shape index (κ2) is 12.5. The fourth-order valence-electron chi connectivity index (χ4n) is 3.83. The molecule has 36 heavy (non-hydrogen) atoms. The van der Waals surface area contributed by atoms with Gasteiger partial charge in [-0.15, -0.1) is 0 Å². The maximum Gasteiger partial charge on any atom is 0.293 e. The normalized spacial score (nSPS) is 17.7. The van der Waals surface area contributed by atoms with Crippen LogP contribution < -0.4 is 21.5 Å². The molecule has 1 amide bonds. The number of aryl methyl sites for hydroxylation is 1. The van der Waals surface area contributed by atoms with Crippen molar-refractivity contribution in [2.24, 2.45) is 4.99 Å². The number of aliphatic imine (C=N–C) groups is 1. The van der Waals surface area contributed by atoms with Gasteiger partial charge in [-0.2, -0.15) is 0 Å². The van der Waals surface area contributed by atoms with Crippen LogP contribution in [0.4, 0.5) is 5.82 Å². The first kappa shape index (κ1) is 25.6. The maximum atomic E-state index is 13.0. The average Bonchev–Trinajstić information content (AvgIpc) is 2.98. The third kappa shape index (κ3) is 7.03. The monoisotopic (exact) mass is 596 g/mol. The van der Waals surface area contributed by atoms with Gasteiger partial charge in [0.2, 0.25) is 5.91 Å². The lowest BCUT2D eigenvalue weighted by molar-refractivity contribution is -0.121. The number of hydrogen-bond acceptors (Lipinski definition) is 6. The number of aromatic nitrogens is 2. The number of nitrogens with zero attached hydrogens (tertiary/aromatic N) is 3. The van der Waals surface area contributed by atoms with Crippen LogP contribution in [0.25, 0.3) is 10.8 Å². The smallest absolute Gasteiger partial charge is 0.293 e. The van der Waals surface area contributed by atoms with E-state index in [0.29, 0.717) is 25.3 Å². The highest BCUT2D eigenvalue weighted by molar-refractivity contribution is 14.1. The van der Waals surface area contributed by atoms with Gasteiger partial charge in [0.15, 0.2) is 5.82 Å². The van der Waals surface area contributed by atoms with Crippen LogP contribution in [0.1, 0.15) is 11.3 Å². The number of carbonyl (C=O) groups is 1. The highest BCUT2D eigenvalue weighted by Gasteiger charge is 2.12. The maximum absolute atomic E-state index is 13.0. The summed E-state index contributed by atoms with van der Waals surface area (Å²) in [4.78, 5) is 34.4. The van der Waals surface area contributed by atoms with Crippen LogP contribution in [-0.2, 0) is 17.8 Å². The summed E-state index contributed by atoms with van der Waals surface area (Å²) in [5.74, 6) is -0.0204. The first-order valence-electron chi connectivity index (χ1n) is 11.8. The molecule has 0 radical (unpaired) electrons. The van der Waals surface area contributed by atoms with Crippen LogP contribution in [0.2, 0.25) is 0 Å². The lowest BCUT2D eigenvalue weighted by atomic mass is 10.1. The molecule has 0 fully saturated rings. The van der Waals surface area contributed by atoms with Crippen molar-refractivity contribution in [1.82, 2.24) is 20.2 Å². The number of fused-ring (bicyclic) bond motifs is 1. The number of rotatable bonds is 8. The predicted molar refractivity (Wildman–Crippen MR) is 154 cm³/mol. The van der Waals surface area contributed by atoms with Crippen LogP contribution in [0.15, 0.2) is 82.5 Å². The first-order chi connectivity index (χ1) is 17.5. The molecular weight excluding hydrogens is 567 g/mol. The Balaban J connectivity index is 1.36. The van der Waals surface area contributed by atoms with Crippen LogP contribution in [0.5, 0.6) is 0 Å². The summed E-state index contributed by atoms with van der Waals surface area (Å²) in [5, 5.41) is 11.5. The van der Waals surface area contributed by atoms with Crippen molar-refractivity contribution in [3.63, 3.8) is 0 Å². The number of amides is 1. The molecule has 0 spiro atoms. The highest BCUT2D eigenvalue weighted by atomic mass is 127. The van der Waals surface area contributed by atoms with Crippen LogP contribution >= 0.6 is 22.6 Å². The zero-order valence-electron chi connectivity index (χ0n) is 20.1. The lowest BCUT2D eigenvalue weighted by Crippen LogP contribution is -2.35. The molecule has 9 heteroatoms. The minimum Gasteiger partial charge on any atom is -0.386 e. The van der Waals surface area contributed by atoms with Crippen molar-refractivity contribution in [1.29, 1.82) is 0 Å². The van der Waals surface area contributed by atoms with Gasteiger partial charge in [0.05, 0.1) is 16.2 Å². The zero-order chi connectivity index (χ0) is 25.3. The van der Waals surface area contributed by atoms with Gasteiger partial charge in [-0.1, -0.05) is 71.1 Å². The molecule has 2 aromatic carbocycles. The summed E-state index contributed by atoms with van der Waals surface area (Å²) in [6.07, 6.45) is 10.0. The second-order valence-electron chi connectivity index (χ2n) is 8.46. The highest BCUT2D eigenvalue weighted by Crippen LogP contribution is 2.16. The van der Waals surface area contributed by atoms with Gasteiger partial charge in [-0.25, -0.2) is 4.98 Å². The Bertz CT molecular complexity index is 1380. The van der Waals surface area contributed by atoms with Gasteiger partial charge in [-0.3, -0.25) is 19.1 Å². The van der Waals surface area contributed by atoms with Gasteiger partial charge >= 0.3 is 0 Å². The number of benzene rings is 2. The van der Waals surface area contributed by atoms with E-state index in [9.17, 15) is 9.59 Å². The van der Waals surface area contributed by atoms with Crippen molar-refractivity contribution in [2.45, 2.75) is 23.8 Å². The summed E-state index contributed by atoms with van der Waals surface area (Å²) in [6.45, 7) is 3.15. The zero-order valence-corrected chi connectivity index (χ0v) is 22.2. The minimum atomic E-state index is -0.313. The van der Waals surface area contributed by atoms with Crippen molar-refractivity contribution in [3.05, 3.63) is 94.3 Å².